The van der Waals surface area contributed by atoms with Gasteiger partial charge in [0.2, 0.25) is 5.43 Å². The normalized spacial score (nSPS) is 12.4. The minimum absolute atomic E-state index is 0.0507. The summed E-state index contributed by atoms with van der Waals surface area (Å²) in [6.45, 7) is 5.44. The Hall–Kier alpha value is -3.33. The number of benzene rings is 2. The number of aromatic nitrogens is 1. The molecule has 0 radical (unpaired) electrons. The molecule has 3 rings (SSSR count). The lowest BCUT2D eigenvalue weighted by atomic mass is 9.98. The number of aromatic carboxylic acids is 1. The molecule has 0 unspecified atom stereocenters. The van der Waals surface area contributed by atoms with E-state index in [-0.39, 0.29) is 42.9 Å². The highest BCUT2D eigenvalue weighted by molar-refractivity contribution is 5.93. The molecule has 1 aromatic heterocycles. The summed E-state index contributed by atoms with van der Waals surface area (Å²) in [7, 11) is 0. The lowest BCUT2D eigenvalue weighted by molar-refractivity contribution is 0.0694. The number of carboxylic acids is 1. The Morgan fingerprint density at radius 1 is 1.09 bits per heavy atom. The third kappa shape index (κ3) is 4.94. The molecule has 9 heteroatoms. The summed E-state index contributed by atoms with van der Waals surface area (Å²) in [5, 5.41) is 19.6. The van der Waals surface area contributed by atoms with Gasteiger partial charge in [-0.15, -0.1) is 0 Å². The van der Waals surface area contributed by atoms with Crippen molar-refractivity contribution in [3.8, 4) is 5.75 Å². The zero-order valence-corrected chi connectivity index (χ0v) is 19.1. The van der Waals surface area contributed by atoms with Gasteiger partial charge in [0.1, 0.15) is 28.8 Å². The van der Waals surface area contributed by atoms with Gasteiger partial charge in [-0.3, -0.25) is 4.79 Å². The summed E-state index contributed by atoms with van der Waals surface area (Å²) < 4.78 is 48.8. The highest BCUT2D eigenvalue weighted by Crippen LogP contribution is 2.30. The standard InChI is InChI=1S/C25H26F3NO5/c1-4-34-23-10-21-17(7-14(23)5-6-16-19(27)8-15(26)9-20(16)28)24(31)18(25(32)33)11-29(21)22(12-30)13(2)3/h7-11,13,22,30H,4-6,12H2,1-3H3,(H,32,33)/t22-/m1/s1. The van der Waals surface area contributed by atoms with Gasteiger partial charge >= 0.3 is 5.97 Å². The molecule has 0 fully saturated rings. The summed E-state index contributed by atoms with van der Waals surface area (Å²) in [5.41, 5.74) is -0.677. The zero-order valence-electron chi connectivity index (χ0n) is 19.1. The minimum atomic E-state index is -1.41. The molecule has 3 aromatic rings. The van der Waals surface area contributed by atoms with E-state index in [1.54, 1.807) is 17.6 Å². The van der Waals surface area contributed by atoms with Crippen molar-refractivity contribution in [1.29, 1.82) is 0 Å². The monoisotopic (exact) mass is 477 g/mol. The molecular formula is C25H26F3NO5. The predicted octanol–water partition coefficient (Wildman–Crippen LogP) is 4.49. The van der Waals surface area contributed by atoms with Crippen LogP contribution in [0.5, 0.6) is 5.75 Å². The zero-order chi connectivity index (χ0) is 25.2. The number of carboxylic acid groups (broad SMARTS) is 1. The molecule has 6 nitrogen and oxygen atoms in total. The maximum atomic E-state index is 14.1. The van der Waals surface area contributed by atoms with Crippen LogP contribution in [0.15, 0.2) is 35.3 Å². The van der Waals surface area contributed by atoms with Crippen molar-refractivity contribution in [3.63, 3.8) is 0 Å². The number of fused-ring (bicyclic) bond motifs is 1. The summed E-state index contributed by atoms with van der Waals surface area (Å²) in [6.07, 6.45) is 1.13. The molecule has 0 amide bonds. The predicted molar refractivity (Wildman–Crippen MR) is 121 cm³/mol. The third-order valence-corrected chi connectivity index (χ3v) is 5.81. The van der Waals surface area contributed by atoms with Crippen molar-refractivity contribution < 1.29 is 32.9 Å². The molecule has 0 saturated carbocycles. The second-order valence-electron chi connectivity index (χ2n) is 8.34. The molecule has 0 spiro atoms. The maximum absolute atomic E-state index is 14.1. The Balaban J connectivity index is 2.21. The van der Waals surface area contributed by atoms with E-state index < -0.39 is 40.5 Å². The van der Waals surface area contributed by atoms with Crippen molar-refractivity contribution in [2.45, 2.75) is 39.7 Å². The minimum Gasteiger partial charge on any atom is -0.494 e. The van der Waals surface area contributed by atoms with Crippen LogP contribution in [0.4, 0.5) is 13.2 Å². The summed E-state index contributed by atoms with van der Waals surface area (Å²) in [4.78, 5) is 24.7. The SMILES string of the molecule is CCOc1cc2c(cc1CCc1c(F)cc(F)cc1F)c(=O)c(C(=O)O)cn2[C@H](CO)C(C)C. The van der Waals surface area contributed by atoms with Crippen molar-refractivity contribution >= 4 is 16.9 Å². The van der Waals surface area contributed by atoms with Crippen LogP contribution in [0.1, 0.15) is 48.3 Å². The fourth-order valence-corrected chi connectivity index (χ4v) is 4.02. The average Bonchev–Trinajstić information content (AvgIpc) is 2.75. The molecule has 0 bridgehead atoms. The Kier molecular flexibility index (Phi) is 7.66. The smallest absolute Gasteiger partial charge is 0.341 e. The van der Waals surface area contributed by atoms with Crippen LogP contribution in [0.3, 0.4) is 0 Å². The van der Waals surface area contributed by atoms with Crippen LogP contribution in [-0.2, 0) is 12.8 Å². The second kappa shape index (κ2) is 10.3. The third-order valence-electron chi connectivity index (χ3n) is 5.81. The highest BCUT2D eigenvalue weighted by Gasteiger charge is 2.23. The fourth-order valence-electron chi connectivity index (χ4n) is 4.02. The number of halogens is 3. The van der Waals surface area contributed by atoms with E-state index >= 15 is 0 Å². The fraction of sp³-hybridized carbons (Fsp3) is 0.360. The number of rotatable bonds is 9. The number of carbonyl (C=O) groups is 1. The molecule has 2 aromatic carbocycles. The van der Waals surface area contributed by atoms with Gasteiger partial charge < -0.3 is 19.5 Å². The van der Waals surface area contributed by atoms with Crippen LogP contribution < -0.4 is 10.2 Å². The van der Waals surface area contributed by atoms with E-state index in [1.165, 1.54) is 12.3 Å². The molecule has 1 atom stereocenters. The van der Waals surface area contributed by atoms with Crippen LogP contribution in [0.25, 0.3) is 10.9 Å². The largest absolute Gasteiger partial charge is 0.494 e. The molecule has 182 valence electrons. The van der Waals surface area contributed by atoms with E-state index in [4.69, 9.17) is 4.74 Å². The van der Waals surface area contributed by atoms with Gasteiger partial charge in [-0.2, -0.15) is 0 Å². The van der Waals surface area contributed by atoms with Gasteiger partial charge in [0.05, 0.1) is 24.8 Å². The van der Waals surface area contributed by atoms with Gasteiger partial charge in [-0.25, -0.2) is 18.0 Å². The molecular weight excluding hydrogens is 451 g/mol. The molecule has 0 aliphatic carbocycles. The maximum Gasteiger partial charge on any atom is 0.341 e. The van der Waals surface area contributed by atoms with Gasteiger partial charge in [0.15, 0.2) is 0 Å². The molecule has 0 saturated heterocycles. The number of pyridine rings is 1. The number of ether oxygens (including phenoxy) is 1. The van der Waals surface area contributed by atoms with Gasteiger partial charge in [-0.05, 0) is 37.3 Å². The quantitative estimate of drug-likeness (QED) is 0.474. The summed E-state index contributed by atoms with van der Waals surface area (Å²) in [5.74, 6) is -4.20. The number of hydrogen-bond donors (Lipinski definition) is 2. The van der Waals surface area contributed by atoms with E-state index in [0.29, 0.717) is 29.0 Å². The Bertz CT molecular complexity index is 1260. The van der Waals surface area contributed by atoms with Crippen molar-refractivity contribution in [1.82, 2.24) is 4.57 Å². The van der Waals surface area contributed by atoms with Crippen molar-refractivity contribution in [3.05, 3.63) is 74.8 Å². The Morgan fingerprint density at radius 3 is 2.26 bits per heavy atom. The number of aliphatic hydroxyl groups is 1. The van der Waals surface area contributed by atoms with Crippen LogP contribution >= 0.6 is 0 Å². The van der Waals surface area contributed by atoms with Crippen molar-refractivity contribution in [2.24, 2.45) is 5.92 Å². The Labute approximate surface area is 194 Å². The lowest BCUT2D eigenvalue weighted by Gasteiger charge is -2.25. The first-order valence-corrected chi connectivity index (χ1v) is 10.9. The number of nitrogens with zero attached hydrogens (tertiary/aromatic N) is 1. The molecule has 0 aliphatic rings. The van der Waals surface area contributed by atoms with Gasteiger partial charge in [0.25, 0.3) is 0 Å². The topological polar surface area (TPSA) is 88.8 Å². The van der Waals surface area contributed by atoms with Gasteiger partial charge in [0, 0.05) is 35.3 Å². The molecule has 0 aliphatic heterocycles. The van der Waals surface area contributed by atoms with Crippen LogP contribution in [-0.4, -0.2) is 34.0 Å². The first-order chi connectivity index (χ1) is 16.1. The average molecular weight is 477 g/mol. The second-order valence-corrected chi connectivity index (χ2v) is 8.34. The summed E-state index contributed by atoms with van der Waals surface area (Å²) in [6, 6.07) is 3.72. The molecule has 2 N–H and O–H groups in total. The van der Waals surface area contributed by atoms with Crippen molar-refractivity contribution in [2.75, 3.05) is 13.2 Å². The first kappa shape index (κ1) is 25.3. The Morgan fingerprint density at radius 2 is 1.74 bits per heavy atom. The van der Waals surface area contributed by atoms with Crippen LogP contribution in [0.2, 0.25) is 0 Å². The van der Waals surface area contributed by atoms with Gasteiger partial charge in [-0.1, -0.05) is 13.8 Å². The van der Waals surface area contributed by atoms with E-state index in [9.17, 15) is 33.0 Å². The summed E-state index contributed by atoms with van der Waals surface area (Å²) >= 11 is 0. The van der Waals surface area contributed by atoms with E-state index in [1.807, 2.05) is 13.8 Å². The van der Waals surface area contributed by atoms with Crippen LogP contribution in [0, 0.1) is 23.4 Å². The number of hydrogen-bond acceptors (Lipinski definition) is 4. The lowest BCUT2D eigenvalue weighted by Crippen LogP contribution is -2.25. The van der Waals surface area contributed by atoms with E-state index in [0.717, 1.165) is 0 Å². The van der Waals surface area contributed by atoms with E-state index in [2.05, 4.69) is 0 Å². The number of aryl methyl sites for hydroxylation is 1. The first-order valence-electron chi connectivity index (χ1n) is 10.9. The molecule has 34 heavy (non-hydrogen) atoms. The highest BCUT2D eigenvalue weighted by atomic mass is 19.1. The molecule has 1 heterocycles. The number of aliphatic hydroxyl groups excluding tert-OH is 1.